The van der Waals surface area contributed by atoms with E-state index in [9.17, 15) is 4.79 Å². The van der Waals surface area contributed by atoms with E-state index in [4.69, 9.17) is 10.5 Å². The van der Waals surface area contributed by atoms with Crippen LogP contribution in [0.4, 0.5) is 0 Å². The van der Waals surface area contributed by atoms with Gasteiger partial charge in [0.15, 0.2) is 0 Å². The van der Waals surface area contributed by atoms with Crippen LogP contribution in [0.3, 0.4) is 0 Å². The lowest BCUT2D eigenvalue weighted by atomic mass is 10.3. The van der Waals surface area contributed by atoms with Crippen LogP contribution in [-0.2, 0) is 4.74 Å². The van der Waals surface area contributed by atoms with Crippen molar-refractivity contribution in [3.63, 3.8) is 0 Å². The van der Waals surface area contributed by atoms with Gasteiger partial charge in [-0.1, -0.05) is 0 Å². The molecule has 2 atom stereocenters. The average Bonchev–Trinajstić information content (AvgIpc) is 2.77. The second kappa shape index (κ2) is 6.09. The van der Waals surface area contributed by atoms with Gasteiger partial charge >= 0.3 is 0 Å². The zero-order valence-electron chi connectivity index (χ0n) is 10.6. The molecule has 5 nitrogen and oxygen atoms in total. The summed E-state index contributed by atoms with van der Waals surface area (Å²) >= 11 is 1.41. The number of nitrogens with zero attached hydrogens (tertiary/aromatic N) is 2. The number of ether oxygens (including phenoxy) is 1. The van der Waals surface area contributed by atoms with Crippen molar-refractivity contribution in [3.8, 4) is 0 Å². The Balaban J connectivity index is 2.68. The first-order chi connectivity index (χ1) is 7.95. The van der Waals surface area contributed by atoms with Crippen LogP contribution >= 0.6 is 11.3 Å². The number of likely N-dealkylation sites (N-methyl/N-ethyl adjacent to an activating group) is 1. The molecule has 0 spiro atoms. The third-order valence-electron chi connectivity index (χ3n) is 2.41. The minimum Gasteiger partial charge on any atom is -0.380 e. The van der Waals surface area contributed by atoms with Gasteiger partial charge in [0.2, 0.25) is 0 Å². The molecule has 0 aliphatic carbocycles. The third kappa shape index (κ3) is 3.76. The van der Waals surface area contributed by atoms with Crippen molar-refractivity contribution in [1.29, 1.82) is 0 Å². The molecule has 0 fully saturated rings. The summed E-state index contributed by atoms with van der Waals surface area (Å²) in [6.45, 7) is 4.31. The van der Waals surface area contributed by atoms with Crippen LogP contribution in [0.15, 0.2) is 5.38 Å². The zero-order valence-corrected chi connectivity index (χ0v) is 11.5. The molecule has 17 heavy (non-hydrogen) atoms. The van der Waals surface area contributed by atoms with Crippen molar-refractivity contribution < 1.29 is 9.53 Å². The van der Waals surface area contributed by atoms with Crippen molar-refractivity contribution in [2.24, 2.45) is 5.73 Å². The van der Waals surface area contributed by atoms with Crippen molar-refractivity contribution >= 4 is 17.2 Å². The Morgan fingerprint density at radius 1 is 1.65 bits per heavy atom. The van der Waals surface area contributed by atoms with Crippen molar-refractivity contribution in [2.45, 2.75) is 26.0 Å². The van der Waals surface area contributed by atoms with Crippen LogP contribution in [0.5, 0.6) is 0 Å². The van der Waals surface area contributed by atoms with E-state index < -0.39 is 0 Å². The van der Waals surface area contributed by atoms with E-state index in [-0.39, 0.29) is 18.1 Å². The van der Waals surface area contributed by atoms with Crippen molar-refractivity contribution in [1.82, 2.24) is 9.88 Å². The first-order valence-corrected chi connectivity index (χ1v) is 6.33. The molecule has 0 aliphatic rings. The molecule has 0 saturated heterocycles. The Kier molecular flexibility index (Phi) is 5.04. The minimum absolute atomic E-state index is 0.00971. The number of rotatable bonds is 5. The molecule has 2 N–H and O–H groups in total. The predicted molar refractivity (Wildman–Crippen MR) is 68.1 cm³/mol. The van der Waals surface area contributed by atoms with E-state index >= 15 is 0 Å². The van der Waals surface area contributed by atoms with Crippen LogP contribution in [0.25, 0.3) is 0 Å². The number of hydrogen-bond acceptors (Lipinski definition) is 5. The Hall–Kier alpha value is -0.980. The monoisotopic (exact) mass is 257 g/mol. The molecule has 1 aromatic heterocycles. The molecule has 0 aliphatic heterocycles. The molecule has 0 radical (unpaired) electrons. The number of methoxy groups -OCH3 is 1. The number of hydrogen-bond donors (Lipinski definition) is 1. The fraction of sp³-hybridized carbons (Fsp3) is 0.636. The van der Waals surface area contributed by atoms with E-state index in [0.29, 0.717) is 12.2 Å². The fourth-order valence-corrected chi connectivity index (χ4v) is 2.09. The van der Waals surface area contributed by atoms with Gasteiger partial charge in [-0.15, -0.1) is 11.3 Å². The molecule has 1 heterocycles. The first-order valence-electron chi connectivity index (χ1n) is 5.45. The van der Waals surface area contributed by atoms with Gasteiger partial charge in [0, 0.05) is 26.1 Å². The van der Waals surface area contributed by atoms with E-state index in [0.717, 1.165) is 5.01 Å². The molecule has 1 aromatic rings. The maximum absolute atomic E-state index is 12.0. The molecular formula is C11H19N3O2S. The van der Waals surface area contributed by atoms with E-state index in [1.54, 1.807) is 24.4 Å². The lowest BCUT2D eigenvalue weighted by molar-refractivity contribution is 0.0596. The summed E-state index contributed by atoms with van der Waals surface area (Å²) in [5, 5.41) is 2.52. The number of thiazole rings is 1. The smallest absolute Gasteiger partial charge is 0.273 e. The van der Waals surface area contributed by atoms with Crippen LogP contribution < -0.4 is 5.73 Å². The maximum Gasteiger partial charge on any atom is 0.273 e. The van der Waals surface area contributed by atoms with Crippen molar-refractivity contribution in [3.05, 3.63) is 16.1 Å². The standard InChI is InChI=1S/C11H19N3O2S/c1-7(16-4)5-14(3)11(15)9-6-17-10(13-9)8(2)12/h6-8H,5,12H2,1-4H3. The second-order valence-electron chi connectivity index (χ2n) is 4.09. The van der Waals surface area contributed by atoms with Crippen LogP contribution in [0.1, 0.15) is 35.4 Å². The molecule has 0 saturated carbocycles. The average molecular weight is 257 g/mol. The summed E-state index contributed by atoms with van der Waals surface area (Å²) in [5.74, 6) is -0.1000. The summed E-state index contributed by atoms with van der Waals surface area (Å²) in [6, 6.07) is -0.134. The summed E-state index contributed by atoms with van der Waals surface area (Å²) < 4.78 is 5.12. The van der Waals surface area contributed by atoms with E-state index in [2.05, 4.69) is 4.98 Å². The van der Waals surface area contributed by atoms with Crippen LogP contribution in [0.2, 0.25) is 0 Å². The first kappa shape index (κ1) is 14.1. The number of amides is 1. The number of aromatic nitrogens is 1. The number of carbonyl (C=O) groups is 1. The molecule has 2 unspecified atom stereocenters. The third-order valence-corrected chi connectivity index (χ3v) is 3.46. The highest BCUT2D eigenvalue weighted by atomic mass is 32.1. The van der Waals surface area contributed by atoms with Gasteiger partial charge in [0.05, 0.1) is 12.1 Å². The quantitative estimate of drug-likeness (QED) is 0.862. The molecule has 6 heteroatoms. The van der Waals surface area contributed by atoms with E-state index in [1.807, 2.05) is 13.8 Å². The molecule has 0 bridgehead atoms. The fourth-order valence-electron chi connectivity index (χ4n) is 1.33. The predicted octanol–water partition coefficient (Wildman–Crippen LogP) is 1.27. The Morgan fingerprint density at radius 3 is 2.76 bits per heavy atom. The summed E-state index contributed by atoms with van der Waals surface area (Å²) in [6.07, 6.45) is 0.00971. The summed E-state index contributed by atoms with van der Waals surface area (Å²) in [4.78, 5) is 17.8. The minimum atomic E-state index is -0.134. The normalized spacial score (nSPS) is 14.4. The number of carbonyl (C=O) groups excluding carboxylic acids is 1. The molecule has 96 valence electrons. The van der Waals surface area contributed by atoms with E-state index in [1.165, 1.54) is 11.3 Å². The lowest BCUT2D eigenvalue weighted by Crippen LogP contribution is -2.34. The summed E-state index contributed by atoms with van der Waals surface area (Å²) in [5.41, 5.74) is 6.16. The van der Waals surface area contributed by atoms with Gasteiger partial charge in [-0.25, -0.2) is 4.98 Å². The number of nitrogens with two attached hydrogens (primary N) is 1. The zero-order chi connectivity index (χ0) is 13.0. The van der Waals surface area contributed by atoms with Gasteiger partial charge in [0.25, 0.3) is 5.91 Å². The Morgan fingerprint density at radius 2 is 2.29 bits per heavy atom. The second-order valence-corrected chi connectivity index (χ2v) is 4.98. The maximum atomic E-state index is 12.0. The molecule has 1 amide bonds. The lowest BCUT2D eigenvalue weighted by Gasteiger charge is -2.19. The molecule has 0 aromatic carbocycles. The molecule has 1 rings (SSSR count). The van der Waals surface area contributed by atoms with Gasteiger partial charge in [-0.3, -0.25) is 4.79 Å². The van der Waals surface area contributed by atoms with Crippen molar-refractivity contribution in [2.75, 3.05) is 20.7 Å². The SMILES string of the molecule is COC(C)CN(C)C(=O)c1csc(C(C)N)n1. The highest BCUT2D eigenvalue weighted by molar-refractivity contribution is 7.09. The Bertz CT molecular complexity index is 379. The van der Waals surface area contributed by atoms with Gasteiger partial charge in [0.1, 0.15) is 10.7 Å². The van der Waals surface area contributed by atoms with Gasteiger partial charge in [-0.2, -0.15) is 0 Å². The highest BCUT2D eigenvalue weighted by Gasteiger charge is 2.18. The van der Waals surface area contributed by atoms with Gasteiger partial charge < -0.3 is 15.4 Å². The van der Waals surface area contributed by atoms with Crippen LogP contribution in [0, 0.1) is 0 Å². The summed E-state index contributed by atoms with van der Waals surface area (Å²) in [7, 11) is 3.36. The molecular weight excluding hydrogens is 238 g/mol. The van der Waals surface area contributed by atoms with Crippen LogP contribution in [-0.4, -0.2) is 42.6 Å². The topological polar surface area (TPSA) is 68.5 Å². The highest BCUT2D eigenvalue weighted by Crippen LogP contribution is 2.16. The van der Waals surface area contributed by atoms with Gasteiger partial charge in [-0.05, 0) is 13.8 Å². The largest absolute Gasteiger partial charge is 0.380 e. The Labute approximate surface area is 106 Å².